The molecule has 0 fully saturated rings. The molecule has 0 aliphatic heterocycles. The molecule has 86 valence electrons. The van der Waals surface area contributed by atoms with Gasteiger partial charge in [0.05, 0.1) is 11.7 Å². The molecule has 1 aromatic heterocycles. The molecule has 1 unspecified atom stereocenters. The number of aromatic nitrogens is 1. The number of halogens is 2. The topological polar surface area (TPSA) is 38.9 Å². The zero-order valence-corrected chi connectivity index (χ0v) is 10.1. The number of hydrogen-bond acceptors (Lipinski definition) is 2. The predicted molar refractivity (Wildman–Crippen MR) is 56.7 cm³/mol. The zero-order valence-electron chi connectivity index (χ0n) is 8.55. The number of nitrogens with two attached hydrogens (primary N) is 1. The summed E-state index contributed by atoms with van der Waals surface area (Å²) in [4.78, 5) is 4.23. The van der Waals surface area contributed by atoms with Gasteiger partial charge in [-0.15, -0.1) is 0 Å². The fourth-order valence-corrected chi connectivity index (χ4v) is 1.39. The van der Waals surface area contributed by atoms with Crippen molar-refractivity contribution in [1.82, 2.24) is 4.98 Å². The Morgan fingerprint density at radius 2 is 1.50 bits per heavy atom. The van der Waals surface area contributed by atoms with Gasteiger partial charge in [0.15, 0.2) is 0 Å². The van der Waals surface area contributed by atoms with Crippen LogP contribution in [-0.2, 0) is 0 Å². The molecule has 0 saturated heterocycles. The average molecular weight is 255 g/mol. The van der Waals surface area contributed by atoms with Gasteiger partial charge in [0.1, 0.15) is 0 Å². The van der Waals surface area contributed by atoms with Crippen molar-refractivity contribution in [2.45, 2.75) is 6.04 Å². The number of hydrogen-bond donors (Lipinski definition) is 1. The van der Waals surface area contributed by atoms with E-state index in [9.17, 15) is 0 Å². The Labute approximate surface area is 108 Å². The molecular formula is C12H12Cl2N2-2. The van der Waals surface area contributed by atoms with Crippen LogP contribution in [-0.4, -0.2) is 4.98 Å². The lowest BCUT2D eigenvalue weighted by Crippen LogP contribution is -3.00. The average Bonchev–Trinajstić information content (AvgIpc) is 2.30. The van der Waals surface area contributed by atoms with E-state index < -0.39 is 0 Å². The van der Waals surface area contributed by atoms with Gasteiger partial charge < -0.3 is 30.5 Å². The first kappa shape index (κ1) is 14.9. The third-order valence-corrected chi connectivity index (χ3v) is 2.17. The van der Waals surface area contributed by atoms with Crippen LogP contribution in [0.2, 0.25) is 0 Å². The maximum atomic E-state index is 6.05. The molecule has 1 atom stereocenters. The van der Waals surface area contributed by atoms with Crippen LogP contribution in [0.25, 0.3) is 0 Å². The minimum atomic E-state index is -0.127. The van der Waals surface area contributed by atoms with E-state index in [0.29, 0.717) is 0 Å². The van der Waals surface area contributed by atoms with Crippen LogP contribution in [0.4, 0.5) is 0 Å². The Bertz CT molecular complexity index is 353. The molecule has 0 radical (unpaired) electrons. The van der Waals surface area contributed by atoms with E-state index in [1.165, 1.54) is 0 Å². The van der Waals surface area contributed by atoms with Crippen molar-refractivity contribution in [3.05, 3.63) is 66.0 Å². The maximum Gasteiger partial charge on any atom is 0.0726 e. The fourth-order valence-electron chi connectivity index (χ4n) is 1.39. The number of benzene rings is 1. The van der Waals surface area contributed by atoms with E-state index in [4.69, 9.17) is 5.73 Å². The van der Waals surface area contributed by atoms with Crippen molar-refractivity contribution in [2.75, 3.05) is 0 Å². The summed E-state index contributed by atoms with van der Waals surface area (Å²) in [5.74, 6) is 0. The molecule has 2 rings (SSSR count). The molecule has 0 spiro atoms. The van der Waals surface area contributed by atoms with Crippen molar-refractivity contribution in [3.8, 4) is 0 Å². The van der Waals surface area contributed by atoms with E-state index >= 15 is 0 Å². The van der Waals surface area contributed by atoms with Crippen LogP contribution >= 0.6 is 0 Å². The standard InChI is InChI=1S/C12H12N2.2ClH/c13-12(10-6-2-1-3-7-10)11-8-4-5-9-14-11;;/h1-9,12H,13H2;2*1H/p-2. The molecule has 4 heteroatoms. The Balaban J connectivity index is 0.00000112. The van der Waals surface area contributed by atoms with Crippen LogP contribution in [0.3, 0.4) is 0 Å². The SMILES string of the molecule is NC(c1ccccc1)c1ccccn1.[Cl-].[Cl-]. The Morgan fingerprint density at radius 1 is 0.875 bits per heavy atom. The normalized spacial score (nSPS) is 10.8. The first-order valence-electron chi connectivity index (χ1n) is 4.59. The lowest BCUT2D eigenvalue weighted by molar-refractivity contribution is -0.00100. The van der Waals surface area contributed by atoms with Gasteiger partial charge in [-0.05, 0) is 17.7 Å². The second-order valence-corrected chi connectivity index (χ2v) is 3.14. The molecule has 2 N–H and O–H groups in total. The predicted octanol–water partition coefficient (Wildman–Crippen LogP) is -3.86. The highest BCUT2D eigenvalue weighted by Crippen LogP contribution is 2.16. The van der Waals surface area contributed by atoms with Crippen molar-refractivity contribution < 1.29 is 24.8 Å². The summed E-state index contributed by atoms with van der Waals surface area (Å²) < 4.78 is 0. The summed E-state index contributed by atoms with van der Waals surface area (Å²) in [5, 5.41) is 0. The van der Waals surface area contributed by atoms with Gasteiger partial charge >= 0.3 is 0 Å². The van der Waals surface area contributed by atoms with Gasteiger partial charge in [0.25, 0.3) is 0 Å². The summed E-state index contributed by atoms with van der Waals surface area (Å²) >= 11 is 0. The highest BCUT2D eigenvalue weighted by atomic mass is 35.5. The smallest absolute Gasteiger partial charge is 0.0726 e. The molecule has 2 aromatic rings. The van der Waals surface area contributed by atoms with Crippen LogP contribution < -0.4 is 30.5 Å². The number of rotatable bonds is 2. The molecular weight excluding hydrogens is 243 g/mol. The van der Waals surface area contributed by atoms with Gasteiger partial charge in [-0.2, -0.15) is 0 Å². The van der Waals surface area contributed by atoms with Gasteiger partial charge in [0.2, 0.25) is 0 Å². The number of pyridine rings is 1. The maximum absolute atomic E-state index is 6.05. The van der Waals surface area contributed by atoms with Crippen molar-refractivity contribution in [3.63, 3.8) is 0 Å². The minimum Gasteiger partial charge on any atom is -1.00 e. The fraction of sp³-hybridized carbons (Fsp3) is 0.0833. The van der Waals surface area contributed by atoms with Crippen LogP contribution in [0.1, 0.15) is 17.3 Å². The second kappa shape index (κ2) is 7.23. The zero-order chi connectivity index (χ0) is 9.80. The first-order valence-corrected chi connectivity index (χ1v) is 4.59. The van der Waals surface area contributed by atoms with E-state index in [2.05, 4.69) is 4.98 Å². The van der Waals surface area contributed by atoms with E-state index in [0.717, 1.165) is 11.3 Å². The highest BCUT2D eigenvalue weighted by molar-refractivity contribution is 5.26. The molecule has 16 heavy (non-hydrogen) atoms. The van der Waals surface area contributed by atoms with Crippen LogP contribution in [0.5, 0.6) is 0 Å². The molecule has 1 aromatic carbocycles. The summed E-state index contributed by atoms with van der Waals surface area (Å²) in [6, 6.07) is 15.6. The summed E-state index contributed by atoms with van der Waals surface area (Å²) in [5.41, 5.74) is 8.04. The van der Waals surface area contributed by atoms with Gasteiger partial charge in [0, 0.05) is 6.20 Å². The highest BCUT2D eigenvalue weighted by Gasteiger charge is 2.07. The van der Waals surface area contributed by atoms with Crippen molar-refractivity contribution >= 4 is 0 Å². The van der Waals surface area contributed by atoms with Gasteiger partial charge in [-0.1, -0.05) is 36.4 Å². The lowest BCUT2D eigenvalue weighted by atomic mass is 10.0. The molecule has 1 heterocycles. The Morgan fingerprint density at radius 3 is 2.06 bits per heavy atom. The third kappa shape index (κ3) is 3.49. The van der Waals surface area contributed by atoms with Crippen molar-refractivity contribution in [2.24, 2.45) is 5.73 Å². The van der Waals surface area contributed by atoms with Gasteiger partial charge in [-0.25, -0.2) is 0 Å². The minimum absolute atomic E-state index is 0. The van der Waals surface area contributed by atoms with E-state index in [1.807, 2.05) is 48.5 Å². The molecule has 0 amide bonds. The summed E-state index contributed by atoms with van der Waals surface area (Å²) in [6.07, 6.45) is 1.76. The van der Waals surface area contributed by atoms with Crippen molar-refractivity contribution in [1.29, 1.82) is 0 Å². The lowest BCUT2D eigenvalue weighted by Gasteiger charge is -2.10. The molecule has 0 aliphatic rings. The van der Waals surface area contributed by atoms with Gasteiger partial charge in [-0.3, -0.25) is 4.98 Å². The van der Waals surface area contributed by atoms with E-state index in [1.54, 1.807) is 6.20 Å². The van der Waals surface area contributed by atoms with Crippen LogP contribution in [0, 0.1) is 0 Å². The monoisotopic (exact) mass is 254 g/mol. The molecule has 2 nitrogen and oxygen atoms in total. The summed E-state index contributed by atoms with van der Waals surface area (Å²) in [6.45, 7) is 0. The van der Waals surface area contributed by atoms with E-state index in [-0.39, 0.29) is 30.9 Å². The van der Waals surface area contributed by atoms with Crippen LogP contribution in [0.15, 0.2) is 54.7 Å². The Kier molecular flexibility index (Phi) is 6.74. The molecule has 0 bridgehead atoms. The molecule has 0 aliphatic carbocycles. The first-order chi connectivity index (χ1) is 6.88. The Hall–Kier alpha value is -1.09. The second-order valence-electron chi connectivity index (χ2n) is 3.14. The largest absolute Gasteiger partial charge is 1.00 e. The summed E-state index contributed by atoms with van der Waals surface area (Å²) in [7, 11) is 0. The molecule has 0 saturated carbocycles. The quantitative estimate of drug-likeness (QED) is 0.596. The number of nitrogens with zero attached hydrogens (tertiary/aromatic N) is 1. The third-order valence-electron chi connectivity index (χ3n) is 2.17.